The molecule has 3 aliphatic rings. The van der Waals surface area contributed by atoms with Gasteiger partial charge in [0.2, 0.25) is 5.91 Å². The quantitative estimate of drug-likeness (QED) is 0.420. The van der Waals surface area contributed by atoms with Crippen molar-refractivity contribution in [3.63, 3.8) is 0 Å². The Morgan fingerprint density at radius 3 is 2.44 bits per heavy atom. The Morgan fingerprint density at radius 2 is 1.78 bits per heavy atom. The third kappa shape index (κ3) is 5.34. The van der Waals surface area contributed by atoms with Crippen LogP contribution < -0.4 is 0 Å². The molecule has 1 saturated heterocycles. The second-order valence-electron chi connectivity index (χ2n) is 10.4. The number of Topliss-reactive ketones (excluding diaryl/α,β-unsaturated/α-hetero) is 1. The monoisotopic (exact) mass is 578 g/mol. The van der Waals surface area contributed by atoms with E-state index in [0.29, 0.717) is 10.5 Å². The van der Waals surface area contributed by atoms with Gasteiger partial charge in [0.15, 0.2) is 23.0 Å². The highest BCUT2D eigenvalue weighted by molar-refractivity contribution is 6.24. The molecule has 1 aliphatic heterocycles. The van der Waals surface area contributed by atoms with Gasteiger partial charge in [-0.2, -0.15) is 13.2 Å². The van der Waals surface area contributed by atoms with Crippen LogP contribution in [0.3, 0.4) is 0 Å². The van der Waals surface area contributed by atoms with Crippen LogP contribution in [-0.4, -0.2) is 58.5 Å². The molecule has 6 nitrogen and oxygen atoms in total. The molecule has 0 aromatic heterocycles. The number of amides is 2. The molecule has 0 N–H and O–H groups in total. The molecule has 5 rings (SSSR count). The van der Waals surface area contributed by atoms with Gasteiger partial charge < -0.3 is 9.64 Å². The van der Waals surface area contributed by atoms with Crippen LogP contribution in [0.15, 0.2) is 60.2 Å². The Labute approximate surface area is 230 Å². The van der Waals surface area contributed by atoms with Crippen molar-refractivity contribution < 1.29 is 45.5 Å². The van der Waals surface area contributed by atoms with Gasteiger partial charge in [0.25, 0.3) is 0 Å². The molecule has 216 valence electrons. The molecule has 2 aliphatic carbocycles. The van der Waals surface area contributed by atoms with E-state index in [0.717, 1.165) is 36.1 Å². The minimum atomic E-state index is -4.76. The fraction of sp³-hybridized carbons (Fsp3) is 0.345. The third-order valence-corrected chi connectivity index (χ3v) is 7.82. The largest absolute Gasteiger partial charge is 0.436 e. The lowest BCUT2D eigenvalue weighted by atomic mass is 9.81. The van der Waals surface area contributed by atoms with Gasteiger partial charge in [-0.3, -0.25) is 14.5 Å². The SMILES string of the molecule is C[C@H](N(Cc1ccc(F)cc1)C(=O)CN1C[C@]2(CCC3C(=O)C(c4ccc(F)c(F)c4)=CC=C32)OC1=O)C(F)(F)F. The van der Waals surface area contributed by atoms with Crippen molar-refractivity contribution in [2.75, 3.05) is 13.1 Å². The maximum Gasteiger partial charge on any atom is 0.411 e. The molecule has 1 spiro atoms. The third-order valence-electron chi connectivity index (χ3n) is 7.82. The Morgan fingerprint density at radius 1 is 1.07 bits per heavy atom. The maximum atomic E-state index is 13.8. The number of rotatable bonds is 6. The van der Waals surface area contributed by atoms with Crippen LogP contribution in [0.4, 0.5) is 31.1 Å². The molecule has 1 heterocycles. The van der Waals surface area contributed by atoms with Gasteiger partial charge >= 0.3 is 12.3 Å². The highest BCUT2D eigenvalue weighted by Gasteiger charge is 2.56. The molecule has 0 radical (unpaired) electrons. The summed E-state index contributed by atoms with van der Waals surface area (Å²) in [5.41, 5.74) is -0.150. The number of carbonyl (C=O) groups excluding carboxylic acids is 3. The van der Waals surface area contributed by atoms with E-state index in [4.69, 9.17) is 4.74 Å². The summed E-state index contributed by atoms with van der Waals surface area (Å²) in [6.45, 7) is -0.508. The highest BCUT2D eigenvalue weighted by atomic mass is 19.4. The first kappa shape index (κ1) is 28.4. The van der Waals surface area contributed by atoms with Crippen LogP contribution in [0, 0.1) is 23.4 Å². The number of ether oxygens (including phenoxy) is 1. The number of ketones is 1. The van der Waals surface area contributed by atoms with E-state index in [1.807, 2.05) is 0 Å². The van der Waals surface area contributed by atoms with E-state index < -0.39 is 66.3 Å². The second kappa shape index (κ2) is 10.4. The number of allylic oxidation sites excluding steroid dienone is 3. The number of benzene rings is 2. The Bertz CT molecular complexity index is 1470. The lowest BCUT2D eigenvalue weighted by Crippen LogP contribution is -2.50. The van der Waals surface area contributed by atoms with Crippen LogP contribution in [0.5, 0.6) is 0 Å². The summed E-state index contributed by atoms with van der Waals surface area (Å²) in [4.78, 5) is 40.8. The molecule has 1 unspecified atom stereocenters. The molecule has 2 amide bonds. The zero-order valence-electron chi connectivity index (χ0n) is 21.7. The summed E-state index contributed by atoms with van der Waals surface area (Å²) in [6.07, 6.45) is -2.15. The van der Waals surface area contributed by atoms with Crippen molar-refractivity contribution in [2.24, 2.45) is 5.92 Å². The van der Waals surface area contributed by atoms with Crippen molar-refractivity contribution in [3.05, 3.63) is 88.8 Å². The van der Waals surface area contributed by atoms with E-state index in [1.165, 1.54) is 24.3 Å². The predicted molar refractivity (Wildman–Crippen MR) is 133 cm³/mol. The average molecular weight is 579 g/mol. The van der Waals surface area contributed by atoms with Gasteiger partial charge in [-0.05, 0) is 60.7 Å². The van der Waals surface area contributed by atoms with Gasteiger partial charge in [0.1, 0.15) is 18.4 Å². The van der Waals surface area contributed by atoms with Crippen molar-refractivity contribution in [1.29, 1.82) is 0 Å². The normalized spacial score (nSPS) is 22.8. The first-order valence-electron chi connectivity index (χ1n) is 12.8. The van der Waals surface area contributed by atoms with Crippen LogP contribution >= 0.6 is 0 Å². The zero-order valence-corrected chi connectivity index (χ0v) is 21.7. The fourth-order valence-corrected chi connectivity index (χ4v) is 5.58. The van der Waals surface area contributed by atoms with Crippen molar-refractivity contribution in [1.82, 2.24) is 9.80 Å². The van der Waals surface area contributed by atoms with Gasteiger partial charge in [-0.25, -0.2) is 18.0 Å². The number of nitrogens with zero attached hydrogens (tertiary/aromatic N) is 2. The summed E-state index contributed by atoms with van der Waals surface area (Å²) in [6, 6.07) is 5.61. The number of halogens is 6. The number of fused-ring (bicyclic) bond motifs is 2. The first-order chi connectivity index (χ1) is 19.3. The van der Waals surface area contributed by atoms with E-state index >= 15 is 0 Å². The minimum absolute atomic E-state index is 0.160. The summed E-state index contributed by atoms with van der Waals surface area (Å²) in [5, 5.41) is 0. The van der Waals surface area contributed by atoms with Crippen LogP contribution in [0.1, 0.15) is 30.9 Å². The van der Waals surface area contributed by atoms with Gasteiger partial charge in [-0.15, -0.1) is 0 Å². The summed E-state index contributed by atoms with van der Waals surface area (Å²) >= 11 is 0. The molecule has 1 saturated carbocycles. The zero-order chi connectivity index (χ0) is 29.7. The highest BCUT2D eigenvalue weighted by Crippen LogP contribution is 2.49. The van der Waals surface area contributed by atoms with Crippen LogP contribution in [0.2, 0.25) is 0 Å². The van der Waals surface area contributed by atoms with Crippen molar-refractivity contribution in [2.45, 2.75) is 44.1 Å². The van der Waals surface area contributed by atoms with E-state index in [9.17, 15) is 40.7 Å². The lowest BCUT2D eigenvalue weighted by Gasteiger charge is -2.32. The summed E-state index contributed by atoms with van der Waals surface area (Å²) in [7, 11) is 0. The molecule has 3 atom stereocenters. The molecular formula is C29H24F6N2O4. The number of hydrogen-bond donors (Lipinski definition) is 0. The number of hydrogen-bond acceptors (Lipinski definition) is 4. The van der Waals surface area contributed by atoms with Gasteiger partial charge in [0, 0.05) is 18.0 Å². The lowest BCUT2D eigenvalue weighted by molar-refractivity contribution is -0.187. The topological polar surface area (TPSA) is 66.9 Å². The predicted octanol–water partition coefficient (Wildman–Crippen LogP) is 5.58. The Balaban J connectivity index is 1.36. The van der Waals surface area contributed by atoms with E-state index in [-0.39, 0.29) is 41.9 Å². The fourth-order valence-electron chi connectivity index (χ4n) is 5.58. The van der Waals surface area contributed by atoms with E-state index in [1.54, 1.807) is 6.08 Å². The minimum Gasteiger partial charge on any atom is -0.436 e. The van der Waals surface area contributed by atoms with Crippen molar-refractivity contribution >= 4 is 23.4 Å². The standard InChI is InChI=1S/C29H24F6N2O4/c1-16(29(33,34)35)37(13-17-2-5-19(30)6-3-17)25(38)14-36-15-28(41-27(36)40)11-10-21-22(28)8-7-20(26(21)39)18-4-9-23(31)24(32)12-18/h2-9,12,16,21H,10-11,13-15H2,1H3/t16-,21?,28-/m0/s1. The molecule has 41 heavy (non-hydrogen) atoms. The maximum absolute atomic E-state index is 13.8. The summed E-state index contributed by atoms with van der Waals surface area (Å²) in [5.74, 6) is -4.80. The molecule has 0 bridgehead atoms. The van der Waals surface area contributed by atoms with Crippen LogP contribution in [0.25, 0.3) is 5.57 Å². The molecule has 2 aromatic rings. The Kier molecular flexibility index (Phi) is 7.20. The second-order valence-corrected chi connectivity index (χ2v) is 10.4. The summed E-state index contributed by atoms with van der Waals surface area (Å²) < 4.78 is 87.0. The van der Waals surface area contributed by atoms with Gasteiger partial charge in [0.05, 0.1) is 6.54 Å². The van der Waals surface area contributed by atoms with Crippen LogP contribution in [-0.2, 0) is 20.9 Å². The molecule has 2 fully saturated rings. The molecule has 2 aromatic carbocycles. The van der Waals surface area contributed by atoms with Gasteiger partial charge in [-0.1, -0.05) is 30.4 Å². The first-order valence-corrected chi connectivity index (χ1v) is 12.8. The van der Waals surface area contributed by atoms with E-state index in [2.05, 4.69) is 0 Å². The van der Waals surface area contributed by atoms with Crippen molar-refractivity contribution in [3.8, 4) is 0 Å². The molecule has 12 heteroatoms. The smallest absolute Gasteiger partial charge is 0.411 e. The number of alkyl halides is 3. The Hall–Kier alpha value is -4.09. The average Bonchev–Trinajstić information content (AvgIpc) is 3.43. The molecular weight excluding hydrogens is 554 g/mol. The number of carbonyl (C=O) groups is 3.